The second-order valence-corrected chi connectivity index (χ2v) is 6.29. The molecule has 2 rings (SSSR count). The number of hydrogen-bond donors (Lipinski definition) is 1. The molecule has 1 fully saturated rings. The summed E-state index contributed by atoms with van der Waals surface area (Å²) in [5, 5.41) is 10.2. The number of anilines is 1. The summed E-state index contributed by atoms with van der Waals surface area (Å²) in [6.45, 7) is 6.86. The SMILES string of the molecule is CC(C)C1CCCN(c2ccc(Cl)cc2CO)CC1. The van der Waals surface area contributed by atoms with Crippen molar-refractivity contribution in [2.24, 2.45) is 11.8 Å². The van der Waals surface area contributed by atoms with Gasteiger partial charge in [0.2, 0.25) is 0 Å². The van der Waals surface area contributed by atoms with Gasteiger partial charge in [-0.25, -0.2) is 0 Å². The fourth-order valence-electron chi connectivity index (χ4n) is 3.02. The van der Waals surface area contributed by atoms with Crippen molar-refractivity contribution in [1.82, 2.24) is 0 Å². The normalized spacial score (nSPS) is 20.7. The molecule has 1 heterocycles. The largest absolute Gasteiger partial charge is 0.392 e. The Balaban J connectivity index is 2.14. The summed E-state index contributed by atoms with van der Waals surface area (Å²) in [4.78, 5) is 2.41. The van der Waals surface area contributed by atoms with E-state index in [2.05, 4.69) is 18.7 Å². The van der Waals surface area contributed by atoms with E-state index < -0.39 is 0 Å². The molecule has 1 unspecified atom stereocenters. The highest BCUT2D eigenvalue weighted by atomic mass is 35.5. The molecule has 0 aliphatic carbocycles. The molecular formula is C16H24ClNO. The van der Waals surface area contributed by atoms with E-state index in [0.717, 1.165) is 36.2 Å². The number of rotatable bonds is 3. The van der Waals surface area contributed by atoms with Gasteiger partial charge in [0, 0.05) is 29.4 Å². The predicted octanol–water partition coefficient (Wildman–Crippen LogP) is 4.09. The van der Waals surface area contributed by atoms with Crippen LogP contribution in [0.4, 0.5) is 5.69 Å². The third kappa shape index (κ3) is 3.64. The molecule has 1 N–H and O–H groups in total. The van der Waals surface area contributed by atoms with Crippen LogP contribution < -0.4 is 4.90 Å². The summed E-state index contributed by atoms with van der Waals surface area (Å²) >= 11 is 6.00. The van der Waals surface area contributed by atoms with Crippen LogP contribution in [-0.4, -0.2) is 18.2 Å². The molecule has 0 amide bonds. The number of nitrogens with zero attached hydrogens (tertiary/aromatic N) is 1. The highest BCUT2D eigenvalue weighted by Gasteiger charge is 2.20. The summed E-state index contributed by atoms with van der Waals surface area (Å²) in [7, 11) is 0. The lowest BCUT2D eigenvalue weighted by Gasteiger charge is -2.25. The lowest BCUT2D eigenvalue weighted by atomic mass is 9.89. The summed E-state index contributed by atoms with van der Waals surface area (Å²) < 4.78 is 0. The summed E-state index contributed by atoms with van der Waals surface area (Å²) in [6.07, 6.45) is 3.79. The first-order valence-corrected chi connectivity index (χ1v) is 7.64. The Hall–Kier alpha value is -0.730. The van der Waals surface area contributed by atoms with Crippen LogP contribution in [-0.2, 0) is 6.61 Å². The van der Waals surface area contributed by atoms with Gasteiger partial charge in [-0.05, 0) is 49.3 Å². The summed E-state index contributed by atoms with van der Waals surface area (Å²) in [6, 6.07) is 5.84. The topological polar surface area (TPSA) is 23.5 Å². The fraction of sp³-hybridized carbons (Fsp3) is 0.625. The second-order valence-electron chi connectivity index (χ2n) is 5.85. The Morgan fingerprint density at radius 1 is 1.32 bits per heavy atom. The first-order valence-electron chi connectivity index (χ1n) is 7.26. The lowest BCUT2D eigenvalue weighted by molar-refractivity contribution is 0.282. The van der Waals surface area contributed by atoms with E-state index in [9.17, 15) is 5.11 Å². The van der Waals surface area contributed by atoms with Crippen molar-refractivity contribution in [3.63, 3.8) is 0 Å². The Kier molecular flexibility index (Phi) is 5.12. The van der Waals surface area contributed by atoms with E-state index in [-0.39, 0.29) is 6.61 Å². The maximum Gasteiger partial charge on any atom is 0.0702 e. The van der Waals surface area contributed by atoms with Crippen molar-refractivity contribution in [2.75, 3.05) is 18.0 Å². The van der Waals surface area contributed by atoms with Crippen LogP contribution in [0.2, 0.25) is 5.02 Å². The molecule has 0 aromatic heterocycles. The minimum atomic E-state index is 0.0556. The van der Waals surface area contributed by atoms with E-state index >= 15 is 0 Å². The summed E-state index contributed by atoms with van der Waals surface area (Å²) in [5.74, 6) is 1.59. The molecular weight excluding hydrogens is 258 g/mol. The number of aliphatic hydroxyl groups excluding tert-OH is 1. The summed E-state index contributed by atoms with van der Waals surface area (Å²) in [5.41, 5.74) is 2.09. The zero-order valence-corrected chi connectivity index (χ0v) is 12.7. The predicted molar refractivity (Wildman–Crippen MR) is 81.8 cm³/mol. The average molecular weight is 282 g/mol. The van der Waals surface area contributed by atoms with Crippen LogP contribution in [0.1, 0.15) is 38.7 Å². The third-order valence-corrected chi connectivity index (χ3v) is 4.50. The van der Waals surface area contributed by atoms with Crippen LogP contribution in [0.25, 0.3) is 0 Å². The van der Waals surface area contributed by atoms with E-state index in [1.54, 1.807) is 0 Å². The quantitative estimate of drug-likeness (QED) is 0.902. The van der Waals surface area contributed by atoms with E-state index in [0.29, 0.717) is 5.02 Å². The maximum absolute atomic E-state index is 9.50. The monoisotopic (exact) mass is 281 g/mol. The van der Waals surface area contributed by atoms with Crippen molar-refractivity contribution in [2.45, 2.75) is 39.7 Å². The Labute approximate surface area is 121 Å². The van der Waals surface area contributed by atoms with Gasteiger partial charge in [-0.15, -0.1) is 0 Å². The minimum absolute atomic E-state index is 0.0556. The van der Waals surface area contributed by atoms with Crippen molar-refractivity contribution in [3.8, 4) is 0 Å². The molecule has 3 heteroatoms. The highest BCUT2D eigenvalue weighted by molar-refractivity contribution is 6.30. The van der Waals surface area contributed by atoms with Crippen molar-refractivity contribution < 1.29 is 5.11 Å². The number of aliphatic hydroxyl groups is 1. The number of hydrogen-bond acceptors (Lipinski definition) is 2. The average Bonchev–Trinajstić information content (AvgIpc) is 2.64. The molecule has 1 aromatic carbocycles. The van der Waals surface area contributed by atoms with Gasteiger partial charge in [0.25, 0.3) is 0 Å². The van der Waals surface area contributed by atoms with Gasteiger partial charge in [0.15, 0.2) is 0 Å². The van der Waals surface area contributed by atoms with Crippen LogP contribution >= 0.6 is 11.6 Å². The highest BCUT2D eigenvalue weighted by Crippen LogP contribution is 2.30. The van der Waals surface area contributed by atoms with Gasteiger partial charge in [-0.2, -0.15) is 0 Å². The molecule has 0 radical (unpaired) electrons. The molecule has 1 atom stereocenters. The van der Waals surface area contributed by atoms with E-state index in [1.165, 1.54) is 19.3 Å². The van der Waals surface area contributed by atoms with E-state index in [4.69, 9.17) is 11.6 Å². The van der Waals surface area contributed by atoms with Crippen molar-refractivity contribution >= 4 is 17.3 Å². The van der Waals surface area contributed by atoms with Gasteiger partial charge >= 0.3 is 0 Å². The van der Waals surface area contributed by atoms with Crippen molar-refractivity contribution in [1.29, 1.82) is 0 Å². The molecule has 0 spiro atoms. The molecule has 19 heavy (non-hydrogen) atoms. The molecule has 2 nitrogen and oxygen atoms in total. The fourth-order valence-corrected chi connectivity index (χ4v) is 3.21. The zero-order valence-electron chi connectivity index (χ0n) is 11.9. The smallest absolute Gasteiger partial charge is 0.0702 e. The van der Waals surface area contributed by atoms with Gasteiger partial charge in [-0.3, -0.25) is 0 Å². The van der Waals surface area contributed by atoms with Crippen LogP contribution in [0, 0.1) is 11.8 Å². The van der Waals surface area contributed by atoms with Crippen LogP contribution in [0.15, 0.2) is 18.2 Å². The molecule has 1 aliphatic heterocycles. The Morgan fingerprint density at radius 2 is 2.11 bits per heavy atom. The molecule has 0 bridgehead atoms. The molecule has 1 aliphatic rings. The van der Waals surface area contributed by atoms with Gasteiger partial charge in [0.05, 0.1) is 6.61 Å². The standard InChI is InChI=1S/C16H24ClNO/c1-12(2)13-4-3-8-18(9-7-13)16-6-5-15(17)10-14(16)11-19/h5-6,10,12-13,19H,3-4,7-9,11H2,1-2H3. The lowest BCUT2D eigenvalue weighted by Crippen LogP contribution is -2.25. The third-order valence-electron chi connectivity index (χ3n) is 4.27. The van der Waals surface area contributed by atoms with Crippen LogP contribution in [0.5, 0.6) is 0 Å². The molecule has 1 aromatic rings. The first kappa shape index (κ1) is 14.7. The zero-order chi connectivity index (χ0) is 13.8. The van der Waals surface area contributed by atoms with Crippen LogP contribution in [0.3, 0.4) is 0 Å². The Morgan fingerprint density at radius 3 is 2.79 bits per heavy atom. The molecule has 0 saturated carbocycles. The van der Waals surface area contributed by atoms with E-state index in [1.807, 2.05) is 18.2 Å². The van der Waals surface area contributed by atoms with Crippen molar-refractivity contribution in [3.05, 3.63) is 28.8 Å². The number of benzene rings is 1. The second kappa shape index (κ2) is 6.62. The maximum atomic E-state index is 9.50. The van der Waals surface area contributed by atoms with Gasteiger partial charge < -0.3 is 10.0 Å². The minimum Gasteiger partial charge on any atom is -0.392 e. The first-order chi connectivity index (χ1) is 9.11. The van der Waals surface area contributed by atoms with Gasteiger partial charge in [-0.1, -0.05) is 25.4 Å². The number of halogens is 1. The van der Waals surface area contributed by atoms with Gasteiger partial charge in [0.1, 0.15) is 0 Å². The molecule has 1 saturated heterocycles. The Bertz CT molecular complexity index is 419. The molecule has 106 valence electrons.